The SMILES string of the molecule is COC(=O)c1cc(C=C2C(=O)OC(C)(C)OC2=O)cc([N+](=O)[O-])c1. The molecule has 1 saturated heterocycles. The van der Waals surface area contributed by atoms with Crippen LogP contribution in [-0.2, 0) is 23.8 Å². The third-order valence-corrected chi connectivity index (χ3v) is 3.00. The summed E-state index contributed by atoms with van der Waals surface area (Å²) < 4.78 is 14.4. The molecule has 1 aromatic rings. The maximum absolute atomic E-state index is 11.9. The van der Waals surface area contributed by atoms with Gasteiger partial charge in [0.05, 0.1) is 17.6 Å². The first kappa shape index (κ1) is 17.1. The van der Waals surface area contributed by atoms with Crippen LogP contribution in [0.5, 0.6) is 0 Å². The second-order valence-corrected chi connectivity index (χ2v) is 5.30. The minimum Gasteiger partial charge on any atom is -0.465 e. The van der Waals surface area contributed by atoms with Crippen LogP contribution in [0, 0.1) is 10.1 Å². The standard InChI is InChI=1S/C15H13NO8/c1-15(2)23-13(18)11(14(19)24-15)6-8-4-9(12(17)22-3)7-10(5-8)16(20)21/h4-7H,1-3H3. The van der Waals surface area contributed by atoms with Crippen molar-refractivity contribution in [1.82, 2.24) is 0 Å². The molecule has 1 aliphatic rings. The smallest absolute Gasteiger partial charge is 0.348 e. The largest absolute Gasteiger partial charge is 0.465 e. The van der Waals surface area contributed by atoms with E-state index >= 15 is 0 Å². The molecule has 126 valence electrons. The molecule has 2 rings (SSSR count). The minimum absolute atomic E-state index is 0.0770. The van der Waals surface area contributed by atoms with Gasteiger partial charge in [-0.1, -0.05) is 0 Å². The number of hydrogen-bond donors (Lipinski definition) is 0. The topological polar surface area (TPSA) is 122 Å². The van der Waals surface area contributed by atoms with Gasteiger partial charge < -0.3 is 14.2 Å². The summed E-state index contributed by atoms with van der Waals surface area (Å²) in [5, 5.41) is 11.0. The molecule has 0 aliphatic carbocycles. The molecule has 1 aromatic carbocycles. The Morgan fingerprint density at radius 2 is 1.79 bits per heavy atom. The van der Waals surface area contributed by atoms with E-state index in [0.717, 1.165) is 25.3 Å². The molecule has 0 N–H and O–H groups in total. The number of nitrogens with zero attached hydrogens (tertiary/aromatic N) is 1. The number of carbonyl (C=O) groups is 3. The van der Waals surface area contributed by atoms with Crippen LogP contribution >= 0.6 is 0 Å². The lowest BCUT2D eigenvalue weighted by molar-refractivity contribution is -0.384. The second-order valence-electron chi connectivity index (χ2n) is 5.30. The highest BCUT2D eigenvalue weighted by molar-refractivity contribution is 6.19. The Morgan fingerprint density at radius 1 is 1.21 bits per heavy atom. The van der Waals surface area contributed by atoms with Gasteiger partial charge in [-0.05, 0) is 17.7 Å². The van der Waals surface area contributed by atoms with Crippen LogP contribution in [-0.4, -0.2) is 35.7 Å². The number of nitro groups is 1. The van der Waals surface area contributed by atoms with Crippen molar-refractivity contribution in [1.29, 1.82) is 0 Å². The highest BCUT2D eigenvalue weighted by Crippen LogP contribution is 2.26. The number of carbonyl (C=O) groups excluding carboxylic acids is 3. The molecule has 0 spiro atoms. The van der Waals surface area contributed by atoms with Gasteiger partial charge in [-0.2, -0.15) is 0 Å². The molecule has 24 heavy (non-hydrogen) atoms. The van der Waals surface area contributed by atoms with E-state index < -0.39 is 39.9 Å². The Balaban J connectivity index is 2.50. The van der Waals surface area contributed by atoms with E-state index in [9.17, 15) is 24.5 Å². The Bertz CT molecular complexity index is 756. The zero-order valence-corrected chi connectivity index (χ0v) is 13.0. The summed E-state index contributed by atoms with van der Waals surface area (Å²) in [6.07, 6.45) is 1.05. The maximum Gasteiger partial charge on any atom is 0.348 e. The fraction of sp³-hybridized carbons (Fsp3) is 0.267. The van der Waals surface area contributed by atoms with Gasteiger partial charge >= 0.3 is 17.9 Å². The number of non-ortho nitro benzene ring substituents is 1. The highest BCUT2D eigenvalue weighted by Gasteiger charge is 2.38. The van der Waals surface area contributed by atoms with Crippen molar-refractivity contribution in [3.05, 3.63) is 45.0 Å². The predicted molar refractivity (Wildman–Crippen MR) is 78.7 cm³/mol. The number of methoxy groups -OCH3 is 1. The number of ether oxygens (including phenoxy) is 3. The van der Waals surface area contributed by atoms with E-state index in [1.165, 1.54) is 19.9 Å². The third kappa shape index (κ3) is 3.57. The lowest BCUT2D eigenvalue weighted by Gasteiger charge is -2.29. The van der Waals surface area contributed by atoms with Crippen molar-refractivity contribution in [2.24, 2.45) is 0 Å². The van der Waals surface area contributed by atoms with Gasteiger partial charge in [-0.25, -0.2) is 14.4 Å². The predicted octanol–water partition coefficient (Wildman–Crippen LogP) is 1.60. The molecule has 0 unspecified atom stereocenters. The van der Waals surface area contributed by atoms with Crippen molar-refractivity contribution in [3.8, 4) is 0 Å². The van der Waals surface area contributed by atoms with Crippen molar-refractivity contribution >= 4 is 29.7 Å². The Kier molecular flexibility index (Phi) is 4.36. The van der Waals surface area contributed by atoms with Crippen molar-refractivity contribution in [3.63, 3.8) is 0 Å². The summed E-state index contributed by atoms with van der Waals surface area (Å²) >= 11 is 0. The summed E-state index contributed by atoms with van der Waals surface area (Å²) in [7, 11) is 1.12. The summed E-state index contributed by atoms with van der Waals surface area (Å²) in [6.45, 7) is 2.78. The summed E-state index contributed by atoms with van der Waals surface area (Å²) in [5.74, 6) is -4.05. The Hall–Kier alpha value is -3.23. The molecule has 0 aromatic heterocycles. The van der Waals surface area contributed by atoms with Crippen LogP contribution in [0.25, 0.3) is 6.08 Å². The fourth-order valence-electron chi connectivity index (χ4n) is 2.00. The second kappa shape index (κ2) is 6.11. The number of esters is 3. The molecule has 1 fully saturated rings. The van der Waals surface area contributed by atoms with Crippen LogP contribution in [0.1, 0.15) is 29.8 Å². The normalized spacial score (nSPS) is 16.0. The lowest BCUT2D eigenvalue weighted by Crippen LogP contribution is -2.41. The van der Waals surface area contributed by atoms with Crippen molar-refractivity contribution in [2.75, 3.05) is 7.11 Å². The van der Waals surface area contributed by atoms with Crippen molar-refractivity contribution < 1.29 is 33.5 Å². The summed E-state index contributed by atoms with van der Waals surface area (Å²) in [6, 6.07) is 3.36. The molecule has 0 atom stereocenters. The Labute approximate surface area is 135 Å². The van der Waals surface area contributed by atoms with E-state index in [4.69, 9.17) is 9.47 Å². The van der Waals surface area contributed by atoms with Crippen LogP contribution in [0.3, 0.4) is 0 Å². The van der Waals surface area contributed by atoms with Crippen LogP contribution < -0.4 is 0 Å². The first-order chi connectivity index (χ1) is 11.1. The quantitative estimate of drug-likeness (QED) is 0.268. The minimum atomic E-state index is -1.40. The zero-order valence-electron chi connectivity index (χ0n) is 13.0. The van der Waals surface area contributed by atoms with Gasteiger partial charge in [0.1, 0.15) is 5.57 Å². The van der Waals surface area contributed by atoms with Gasteiger partial charge in [0, 0.05) is 26.0 Å². The maximum atomic E-state index is 11.9. The Morgan fingerprint density at radius 3 is 2.29 bits per heavy atom. The summed E-state index contributed by atoms with van der Waals surface area (Å²) in [5.41, 5.74) is -0.863. The lowest BCUT2D eigenvalue weighted by atomic mass is 10.1. The molecule has 0 bridgehead atoms. The number of nitro benzene ring substituents is 1. The summed E-state index contributed by atoms with van der Waals surface area (Å²) in [4.78, 5) is 45.7. The molecule has 9 heteroatoms. The first-order valence-corrected chi connectivity index (χ1v) is 6.69. The van der Waals surface area contributed by atoms with Gasteiger partial charge in [0.15, 0.2) is 0 Å². The molecule has 0 amide bonds. The average Bonchev–Trinajstić information content (AvgIpc) is 2.48. The molecular weight excluding hydrogens is 322 g/mol. The van der Waals surface area contributed by atoms with Crippen molar-refractivity contribution in [2.45, 2.75) is 19.6 Å². The fourth-order valence-corrected chi connectivity index (χ4v) is 2.00. The average molecular weight is 335 g/mol. The third-order valence-electron chi connectivity index (χ3n) is 3.00. The van der Waals surface area contributed by atoms with Gasteiger partial charge in [-0.15, -0.1) is 0 Å². The molecule has 9 nitrogen and oxygen atoms in total. The number of cyclic esters (lactones) is 2. The van der Waals surface area contributed by atoms with Gasteiger partial charge in [0.2, 0.25) is 0 Å². The van der Waals surface area contributed by atoms with E-state index in [2.05, 4.69) is 4.74 Å². The van der Waals surface area contributed by atoms with Crippen LogP contribution in [0.2, 0.25) is 0 Å². The molecule has 1 aliphatic heterocycles. The molecule has 0 radical (unpaired) electrons. The number of hydrogen-bond acceptors (Lipinski definition) is 8. The van der Waals surface area contributed by atoms with E-state index in [1.54, 1.807) is 0 Å². The monoisotopic (exact) mass is 335 g/mol. The zero-order chi connectivity index (χ0) is 18.1. The van der Waals surface area contributed by atoms with Crippen LogP contribution in [0.15, 0.2) is 23.8 Å². The first-order valence-electron chi connectivity index (χ1n) is 6.69. The van der Waals surface area contributed by atoms with E-state index in [0.29, 0.717) is 0 Å². The highest BCUT2D eigenvalue weighted by atomic mass is 16.7. The number of benzene rings is 1. The van der Waals surface area contributed by atoms with Crippen LogP contribution in [0.4, 0.5) is 5.69 Å². The van der Waals surface area contributed by atoms with Gasteiger partial charge in [0.25, 0.3) is 11.5 Å². The van der Waals surface area contributed by atoms with E-state index in [1.807, 2.05) is 0 Å². The van der Waals surface area contributed by atoms with E-state index in [-0.39, 0.29) is 11.1 Å². The molecular formula is C15H13NO8. The number of rotatable bonds is 3. The molecule has 1 heterocycles. The van der Waals surface area contributed by atoms with Gasteiger partial charge in [-0.3, -0.25) is 10.1 Å². The molecule has 0 saturated carbocycles.